The number of halogens is 1. The fraction of sp³-hybridized carbons (Fsp3) is 0.667. The van der Waals surface area contributed by atoms with Gasteiger partial charge in [-0.25, -0.2) is 0 Å². The van der Waals surface area contributed by atoms with Crippen molar-refractivity contribution in [2.45, 2.75) is 13.3 Å². The van der Waals surface area contributed by atoms with Gasteiger partial charge in [0, 0.05) is 19.7 Å². The zero-order valence-corrected chi connectivity index (χ0v) is 9.47. The van der Waals surface area contributed by atoms with Gasteiger partial charge in [0.05, 0.1) is 13.2 Å². The molecular weight excluding hydrogens is 202 g/mol. The van der Waals surface area contributed by atoms with Crippen LogP contribution in [0.15, 0.2) is 16.2 Å². The lowest BCUT2D eigenvalue weighted by Crippen LogP contribution is -2.16. The largest absolute Gasteiger partial charge is 0.384 e. The Hall–Kier alpha value is -0.740. The van der Waals surface area contributed by atoms with Gasteiger partial charge >= 0.3 is 0 Å². The van der Waals surface area contributed by atoms with E-state index >= 15 is 0 Å². The lowest BCUT2D eigenvalue weighted by Gasteiger charge is -2.01. The fourth-order valence-corrected chi connectivity index (χ4v) is 0.943. The Labute approximate surface area is 90.2 Å². The van der Waals surface area contributed by atoms with Crippen LogP contribution in [-0.4, -0.2) is 32.6 Å². The first-order valence-electron chi connectivity index (χ1n) is 4.60. The van der Waals surface area contributed by atoms with Crippen molar-refractivity contribution in [3.05, 3.63) is 11.2 Å². The van der Waals surface area contributed by atoms with E-state index in [4.69, 9.17) is 22.1 Å². The number of methoxy groups -OCH3 is 1. The smallest absolute Gasteiger partial charge is 0.121 e. The molecule has 0 amide bonds. The number of hydrogen-bond donors (Lipinski definition) is 2. The van der Waals surface area contributed by atoms with Gasteiger partial charge in [-0.15, -0.1) is 0 Å². The standard InChI is InChI=1S/C9H18ClN3O/c1-3-4-12-8(10)7-9(11)13-5-6-14-2/h7,12H,3-6H2,1-2H3,(H2,11,13). The Kier molecular flexibility index (Phi) is 8.37. The maximum Gasteiger partial charge on any atom is 0.121 e. The summed E-state index contributed by atoms with van der Waals surface area (Å²) < 4.78 is 4.83. The van der Waals surface area contributed by atoms with Crippen molar-refractivity contribution in [3.8, 4) is 0 Å². The van der Waals surface area contributed by atoms with Crippen molar-refractivity contribution < 1.29 is 4.74 Å². The lowest BCUT2D eigenvalue weighted by atomic mass is 10.5. The summed E-state index contributed by atoms with van der Waals surface area (Å²) in [7, 11) is 1.62. The molecule has 0 aliphatic rings. The van der Waals surface area contributed by atoms with Crippen molar-refractivity contribution in [2.75, 3.05) is 26.8 Å². The molecule has 0 aromatic rings. The number of nitrogens with one attached hydrogen (secondary N) is 1. The number of nitrogens with zero attached hydrogens (tertiary/aromatic N) is 1. The van der Waals surface area contributed by atoms with Gasteiger partial charge < -0.3 is 15.8 Å². The van der Waals surface area contributed by atoms with Gasteiger partial charge in [0.2, 0.25) is 0 Å². The Morgan fingerprint density at radius 2 is 2.36 bits per heavy atom. The lowest BCUT2D eigenvalue weighted by molar-refractivity contribution is 0.208. The Bertz CT molecular complexity index is 204. The van der Waals surface area contributed by atoms with Crippen LogP contribution in [-0.2, 0) is 4.74 Å². The molecule has 0 aromatic heterocycles. The Balaban J connectivity index is 3.86. The van der Waals surface area contributed by atoms with Gasteiger partial charge in [-0.1, -0.05) is 18.5 Å². The van der Waals surface area contributed by atoms with Crippen LogP contribution in [0.1, 0.15) is 13.3 Å². The molecule has 14 heavy (non-hydrogen) atoms. The first kappa shape index (κ1) is 13.3. The predicted molar refractivity (Wildman–Crippen MR) is 60.6 cm³/mol. The number of ether oxygens (including phenoxy) is 1. The monoisotopic (exact) mass is 219 g/mol. The minimum atomic E-state index is 0.413. The van der Waals surface area contributed by atoms with Gasteiger partial charge in [-0.05, 0) is 6.42 Å². The summed E-state index contributed by atoms with van der Waals surface area (Å²) >= 11 is 5.83. The van der Waals surface area contributed by atoms with Crippen LogP contribution in [0.4, 0.5) is 0 Å². The molecule has 82 valence electrons. The molecule has 0 spiro atoms. The van der Waals surface area contributed by atoms with Crippen molar-refractivity contribution >= 4 is 17.4 Å². The minimum absolute atomic E-state index is 0.413. The average molecular weight is 220 g/mol. The summed E-state index contributed by atoms with van der Waals surface area (Å²) in [6.45, 7) is 4.01. The molecule has 0 saturated heterocycles. The summed E-state index contributed by atoms with van der Waals surface area (Å²) in [5.74, 6) is 0.413. The Morgan fingerprint density at radius 1 is 1.64 bits per heavy atom. The molecule has 0 fully saturated rings. The van der Waals surface area contributed by atoms with E-state index in [1.807, 2.05) is 0 Å². The van der Waals surface area contributed by atoms with Gasteiger partial charge in [0.15, 0.2) is 0 Å². The maximum absolute atomic E-state index is 5.83. The van der Waals surface area contributed by atoms with E-state index in [2.05, 4.69) is 17.2 Å². The van der Waals surface area contributed by atoms with Gasteiger partial charge in [0.1, 0.15) is 11.0 Å². The minimum Gasteiger partial charge on any atom is -0.384 e. The molecule has 0 bridgehead atoms. The van der Waals surface area contributed by atoms with E-state index < -0.39 is 0 Å². The van der Waals surface area contributed by atoms with Crippen LogP contribution in [0.2, 0.25) is 0 Å². The molecule has 4 nitrogen and oxygen atoms in total. The molecule has 3 N–H and O–H groups in total. The molecule has 0 aliphatic carbocycles. The fourth-order valence-electron chi connectivity index (χ4n) is 0.737. The normalized spacial score (nSPS) is 13.1. The molecule has 0 rings (SSSR count). The van der Waals surface area contributed by atoms with Gasteiger partial charge in [-0.3, -0.25) is 4.99 Å². The Morgan fingerprint density at radius 3 is 2.93 bits per heavy atom. The zero-order chi connectivity index (χ0) is 10.8. The summed E-state index contributed by atoms with van der Waals surface area (Å²) in [6.07, 6.45) is 2.62. The summed E-state index contributed by atoms with van der Waals surface area (Å²) in [4.78, 5) is 4.03. The second-order valence-electron chi connectivity index (χ2n) is 2.72. The van der Waals surface area contributed by atoms with Gasteiger partial charge in [-0.2, -0.15) is 0 Å². The van der Waals surface area contributed by atoms with Crippen LogP contribution >= 0.6 is 11.6 Å². The van der Waals surface area contributed by atoms with Crippen molar-refractivity contribution in [3.63, 3.8) is 0 Å². The average Bonchev–Trinajstić information content (AvgIpc) is 2.15. The van der Waals surface area contributed by atoms with Crippen molar-refractivity contribution in [1.29, 1.82) is 0 Å². The van der Waals surface area contributed by atoms with Crippen molar-refractivity contribution in [2.24, 2.45) is 10.7 Å². The molecule has 0 aromatic carbocycles. The number of aliphatic imine (C=N–C) groups is 1. The van der Waals surface area contributed by atoms with Crippen molar-refractivity contribution in [1.82, 2.24) is 5.32 Å². The zero-order valence-electron chi connectivity index (χ0n) is 8.72. The van der Waals surface area contributed by atoms with E-state index in [-0.39, 0.29) is 0 Å². The first-order valence-corrected chi connectivity index (χ1v) is 4.98. The van der Waals surface area contributed by atoms with Crippen LogP contribution in [0.5, 0.6) is 0 Å². The molecule has 0 saturated carbocycles. The number of amidine groups is 1. The summed E-state index contributed by atoms with van der Waals surface area (Å²) in [6, 6.07) is 0. The van der Waals surface area contributed by atoms with E-state index in [1.165, 1.54) is 0 Å². The van der Waals surface area contributed by atoms with Crippen LogP contribution in [0, 0.1) is 0 Å². The van der Waals surface area contributed by atoms with E-state index in [9.17, 15) is 0 Å². The highest BCUT2D eigenvalue weighted by atomic mass is 35.5. The van der Waals surface area contributed by atoms with Crippen LogP contribution in [0.3, 0.4) is 0 Å². The van der Waals surface area contributed by atoms with E-state index in [0.717, 1.165) is 13.0 Å². The predicted octanol–water partition coefficient (Wildman–Crippen LogP) is 1.07. The number of hydrogen-bond acceptors (Lipinski definition) is 3. The molecular formula is C9H18ClN3O. The molecule has 0 atom stereocenters. The summed E-state index contributed by atoms with van der Waals surface area (Å²) in [5.41, 5.74) is 5.58. The second kappa shape index (κ2) is 8.84. The third-order valence-corrected chi connectivity index (χ3v) is 1.65. The quantitative estimate of drug-likeness (QED) is 0.292. The number of rotatable bonds is 7. The highest BCUT2D eigenvalue weighted by molar-refractivity contribution is 6.30. The molecule has 0 radical (unpaired) electrons. The highest BCUT2D eigenvalue weighted by Crippen LogP contribution is 1.95. The first-order chi connectivity index (χ1) is 6.70. The van der Waals surface area contributed by atoms with Gasteiger partial charge in [0.25, 0.3) is 0 Å². The second-order valence-corrected chi connectivity index (χ2v) is 3.13. The topological polar surface area (TPSA) is 59.6 Å². The molecule has 5 heteroatoms. The number of nitrogens with two attached hydrogens (primary N) is 1. The highest BCUT2D eigenvalue weighted by Gasteiger charge is 1.91. The third kappa shape index (κ3) is 7.89. The molecule has 0 unspecified atom stereocenters. The molecule has 0 heterocycles. The van der Waals surface area contributed by atoms with E-state index in [1.54, 1.807) is 13.2 Å². The van der Waals surface area contributed by atoms with Crippen LogP contribution < -0.4 is 11.1 Å². The molecule has 0 aliphatic heterocycles. The van der Waals surface area contributed by atoms with Crippen LogP contribution in [0.25, 0.3) is 0 Å². The summed E-state index contributed by atoms with van der Waals surface area (Å²) in [5, 5.41) is 3.51. The van der Waals surface area contributed by atoms with E-state index in [0.29, 0.717) is 24.1 Å². The third-order valence-electron chi connectivity index (χ3n) is 1.41. The maximum atomic E-state index is 5.83. The SMILES string of the molecule is CCCNC(Cl)=CC(N)=NCCOC.